The Balaban J connectivity index is 1.70. The molecule has 0 fully saturated rings. The summed E-state index contributed by atoms with van der Waals surface area (Å²) in [6.45, 7) is 0. The summed E-state index contributed by atoms with van der Waals surface area (Å²) in [7, 11) is 0. The highest BCUT2D eigenvalue weighted by Crippen LogP contribution is 2.20. The molecule has 2 aromatic carbocycles. The van der Waals surface area contributed by atoms with Crippen LogP contribution in [0.15, 0.2) is 60.8 Å². The molecule has 0 bridgehead atoms. The highest BCUT2D eigenvalue weighted by atomic mass is 19.1. The van der Waals surface area contributed by atoms with Crippen LogP contribution in [0.5, 0.6) is 0 Å². The van der Waals surface area contributed by atoms with Gasteiger partial charge in [-0.1, -0.05) is 6.07 Å². The van der Waals surface area contributed by atoms with E-state index in [1.165, 1.54) is 18.3 Å². The summed E-state index contributed by atoms with van der Waals surface area (Å²) >= 11 is 0. The first-order chi connectivity index (χ1) is 12.5. The number of rotatable bonds is 4. The van der Waals surface area contributed by atoms with E-state index in [1.807, 2.05) is 6.07 Å². The summed E-state index contributed by atoms with van der Waals surface area (Å²) in [6, 6.07) is 14.7. The summed E-state index contributed by atoms with van der Waals surface area (Å²) in [5, 5.41) is 14.3. The van der Waals surface area contributed by atoms with E-state index in [1.54, 1.807) is 30.3 Å². The molecule has 0 aliphatic carbocycles. The van der Waals surface area contributed by atoms with Gasteiger partial charge in [-0.3, -0.25) is 4.79 Å². The molecule has 0 saturated carbocycles. The fourth-order valence-electron chi connectivity index (χ4n) is 2.21. The molecule has 0 unspecified atom stereocenters. The smallest absolute Gasteiger partial charge is 0.274 e. The number of anilines is 3. The van der Waals surface area contributed by atoms with Gasteiger partial charge in [0.25, 0.3) is 5.91 Å². The Morgan fingerprint density at radius 2 is 1.88 bits per heavy atom. The zero-order chi connectivity index (χ0) is 18.5. The van der Waals surface area contributed by atoms with Crippen molar-refractivity contribution in [1.82, 2.24) is 4.98 Å². The van der Waals surface area contributed by atoms with Crippen molar-refractivity contribution in [3.63, 3.8) is 0 Å². The molecule has 0 radical (unpaired) electrons. The number of halogens is 2. The predicted octanol–water partition coefficient (Wildman–Crippen LogP) is 4.23. The molecule has 26 heavy (non-hydrogen) atoms. The Labute approximate surface area is 147 Å². The molecule has 128 valence electrons. The van der Waals surface area contributed by atoms with Gasteiger partial charge in [0.2, 0.25) is 0 Å². The van der Waals surface area contributed by atoms with Gasteiger partial charge in [-0.15, -0.1) is 0 Å². The van der Waals surface area contributed by atoms with E-state index < -0.39 is 17.5 Å². The number of aromatic nitrogens is 1. The fraction of sp³-hybridized carbons (Fsp3) is 0. The molecule has 2 N–H and O–H groups in total. The molecule has 1 amide bonds. The molecular formula is C19H12F2N4O. The third-order valence-corrected chi connectivity index (χ3v) is 3.46. The minimum Gasteiger partial charge on any atom is -0.352 e. The van der Waals surface area contributed by atoms with Crippen molar-refractivity contribution in [2.45, 2.75) is 0 Å². The van der Waals surface area contributed by atoms with Crippen molar-refractivity contribution < 1.29 is 13.6 Å². The number of benzene rings is 2. The normalized spacial score (nSPS) is 10.0. The summed E-state index contributed by atoms with van der Waals surface area (Å²) in [6.07, 6.45) is 1.36. The second kappa shape index (κ2) is 7.40. The average Bonchev–Trinajstić information content (AvgIpc) is 2.64. The quantitative estimate of drug-likeness (QED) is 0.738. The van der Waals surface area contributed by atoms with Crippen LogP contribution in [0.1, 0.15) is 16.1 Å². The maximum atomic E-state index is 13.6. The number of nitrogens with one attached hydrogen (secondary N) is 2. The van der Waals surface area contributed by atoms with E-state index in [2.05, 4.69) is 15.6 Å². The number of amides is 1. The standard InChI is InChI=1S/C19H12F2N4O/c20-13-4-6-17(16(21)9-13)24-15-5-7-18(23-11-15)19(26)25-14-3-1-2-12(8-14)10-22/h1-9,11,24H,(H,25,26). The third-order valence-electron chi connectivity index (χ3n) is 3.46. The highest BCUT2D eigenvalue weighted by molar-refractivity contribution is 6.03. The molecular weight excluding hydrogens is 338 g/mol. The van der Waals surface area contributed by atoms with Crippen LogP contribution >= 0.6 is 0 Å². The molecule has 3 aromatic rings. The maximum Gasteiger partial charge on any atom is 0.274 e. The largest absolute Gasteiger partial charge is 0.352 e. The number of nitriles is 1. The molecule has 1 aromatic heterocycles. The van der Waals surface area contributed by atoms with Crippen LogP contribution in [-0.2, 0) is 0 Å². The Morgan fingerprint density at radius 3 is 2.58 bits per heavy atom. The SMILES string of the molecule is N#Cc1cccc(NC(=O)c2ccc(Nc3ccc(F)cc3F)cn2)c1. The Bertz CT molecular complexity index is 997. The number of carbonyl (C=O) groups excluding carboxylic acids is 1. The topological polar surface area (TPSA) is 77.8 Å². The van der Waals surface area contributed by atoms with Crippen LogP contribution in [-0.4, -0.2) is 10.9 Å². The first-order valence-electron chi connectivity index (χ1n) is 7.55. The van der Waals surface area contributed by atoms with E-state index >= 15 is 0 Å². The predicted molar refractivity (Wildman–Crippen MR) is 93.0 cm³/mol. The molecule has 5 nitrogen and oxygen atoms in total. The van der Waals surface area contributed by atoms with Gasteiger partial charge < -0.3 is 10.6 Å². The lowest BCUT2D eigenvalue weighted by atomic mass is 10.2. The van der Waals surface area contributed by atoms with Gasteiger partial charge in [0.05, 0.1) is 29.2 Å². The summed E-state index contributed by atoms with van der Waals surface area (Å²) in [5.41, 5.74) is 1.60. The number of carbonyl (C=O) groups is 1. The molecule has 0 spiro atoms. The summed E-state index contributed by atoms with van der Waals surface area (Å²) < 4.78 is 26.6. The van der Waals surface area contributed by atoms with Gasteiger partial charge in [0, 0.05) is 11.8 Å². The minimum absolute atomic E-state index is 0.0960. The second-order valence-electron chi connectivity index (χ2n) is 5.33. The van der Waals surface area contributed by atoms with Crippen LogP contribution in [0.25, 0.3) is 0 Å². The van der Waals surface area contributed by atoms with Crippen LogP contribution in [0.3, 0.4) is 0 Å². The molecule has 0 atom stereocenters. The number of hydrogen-bond acceptors (Lipinski definition) is 4. The first kappa shape index (κ1) is 17.0. The Morgan fingerprint density at radius 1 is 1.04 bits per heavy atom. The van der Waals surface area contributed by atoms with Crippen molar-refractivity contribution in [3.8, 4) is 6.07 Å². The van der Waals surface area contributed by atoms with Gasteiger partial charge in [-0.2, -0.15) is 5.26 Å². The monoisotopic (exact) mass is 350 g/mol. The van der Waals surface area contributed by atoms with Crippen molar-refractivity contribution in [1.29, 1.82) is 5.26 Å². The van der Waals surface area contributed by atoms with Crippen molar-refractivity contribution in [2.75, 3.05) is 10.6 Å². The molecule has 1 heterocycles. The highest BCUT2D eigenvalue weighted by Gasteiger charge is 2.09. The second-order valence-corrected chi connectivity index (χ2v) is 5.33. The van der Waals surface area contributed by atoms with Crippen molar-refractivity contribution in [2.24, 2.45) is 0 Å². The fourth-order valence-corrected chi connectivity index (χ4v) is 2.21. The lowest BCUT2D eigenvalue weighted by Crippen LogP contribution is -2.13. The maximum absolute atomic E-state index is 13.6. The van der Waals surface area contributed by atoms with Crippen LogP contribution in [0.4, 0.5) is 25.8 Å². The molecule has 3 rings (SSSR count). The van der Waals surface area contributed by atoms with E-state index in [0.29, 0.717) is 16.9 Å². The van der Waals surface area contributed by atoms with Crippen LogP contribution in [0.2, 0.25) is 0 Å². The molecule has 0 aliphatic heterocycles. The molecule has 0 aliphatic rings. The van der Waals surface area contributed by atoms with Gasteiger partial charge in [-0.25, -0.2) is 13.8 Å². The van der Waals surface area contributed by atoms with Crippen LogP contribution < -0.4 is 10.6 Å². The lowest BCUT2D eigenvalue weighted by molar-refractivity contribution is 0.102. The van der Waals surface area contributed by atoms with Crippen LogP contribution in [0, 0.1) is 23.0 Å². The molecule has 7 heteroatoms. The first-order valence-corrected chi connectivity index (χ1v) is 7.55. The zero-order valence-corrected chi connectivity index (χ0v) is 13.3. The minimum atomic E-state index is -0.732. The van der Waals surface area contributed by atoms with Gasteiger partial charge in [-0.05, 0) is 42.5 Å². The summed E-state index contributed by atoms with van der Waals surface area (Å²) in [4.78, 5) is 16.2. The van der Waals surface area contributed by atoms with Crippen molar-refractivity contribution in [3.05, 3.63) is 83.7 Å². The zero-order valence-electron chi connectivity index (χ0n) is 13.3. The van der Waals surface area contributed by atoms with Gasteiger partial charge in [0.15, 0.2) is 0 Å². The Hall–Kier alpha value is -3.79. The lowest BCUT2D eigenvalue weighted by Gasteiger charge is -2.08. The van der Waals surface area contributed by atoms with Crippen molar-refractivity contribution >= 4 is 23.0 Å². The van der Waals surface area contributed by atoms with Gasteiger partial charge in [0.1, 0.15) is 17.3 Å². The van der Waals surface area contributed by atoms with E-state index in [9.17, 15) is 13.6 Å². The third kappa shape index (κ3) is 3.99. The summed E-state index contributed by atoms with van der Waals surface area (Å²) in [5.74, 6) is -1.84. The average molecular weight is 350 g/mol. The number of nitrogens with zero attached hydrogens (tertiary/aromatic N) is 2. The van der Waals surface area contributed by atoms with E-state index in [-0.39, 0.29) is 11.4 Å². The van der Waals surface area contributed by atoms with E-state index in [4.69, 9.17) is 5.26 Å². The number of hydrogen-bond donors (Lipinski definition) is 2. The van der Waals surface area contributed by atoms with Gasteiger partial charge >= 0.3 is 0 Å². The molecule has 0 saturated heterocycles. The Kier molecular flexibility index (Phi) is 4.85. The number of pyridine rings is 1. The van der Waals surface area contributed by atoms with E-state index in [0.717, 1.165) is 12.1 Å².